The molecule has 0 N–H and O–H groups in total. The van der Waals surface area contributed by atoms with Crippen molar-refractivity contribution in [3.8, 4) is 0 Å². The van der Waals surface area contributed by atoms with Gasteiger partial charge < -0.3 is 0 Å². The Labute approximate surface area is 143 Å². The molecular weight excluding hydrogens is 375 g/mol. The van der Waals surface area contributed by atoms with Crippen molar-refractivity contribution in [3.63, 3.8) is 0 Å². The first-order valence-electron chi connectivity index (χ1n) is 6.45. The van der Waals surface area contributed by atoms with Crippen LogP contribution in [0.2, 0.25) is 0 Å². The maximum atomic E-state index is 12.6. The Morgan fingerprint density at radius 3 is 0.962 bits per heavy atom. The first kappa shape index (κ1) is 18.5. The topological polar surface area (TPSA) is 190 Å². The van der Waals surface area contributed by atoms with Gasteiger partial charge in [-0.2, -0.15) is 0 Å². The lowest BCUT2D eigenvalue weighted by atomic mass is 10.3. The van der Waals surface area contributed by atoms with Gasteiger partial charge in [-0.15, -0.1) is 0 Å². The molecule has 0 radical (unpaired) electrons. The zero-order chi connectivity index (χ0) is 19.6. The number of rotatable bonds is 6. The van der Waals surface area contributed by atoms with Gasteiger partial charge in [-0.3, -0.25) is 40.5 Å². The Bertz CT molecular complexity index is 849. The predicted molar refractivity (Wildman–Crippen MR) is 86.4 cm³/mol. The van der Waals surface area contributed by atoms with Crippen LogP contribution in [0, 0.1) is 40.5 Å². The first-order chi connectivity index (χ1) is 12.1. The zero-order valence-corrected chi connectivity index (χ0v) is 13.3. The minimum atomic E-state index is -2.80. The molecule has 14 heteroatoms. The molecule has 0 spiro atoms. The Kier molecular flexibility index (Phi) is 4.94. The molecule has 0 aromatic heterocycles. The van der Waals surface area contributed by atoms with Gasteiger partial charge in [-0.25, -0.2) is 0 Å². The van der Waals surface area contributed by atoms with E-state index in [2.05, 4.69) is 0 Å². The van der Waals surface area contributed by atoms with Gasteiger partial charge in [0.15, 0.2) is 0 Å². The summed E-state index contributed by atoms with van der Waals surface area (Å²) in [7, 11) is -2.80. The standard InChI is InChI=1S/C12H6N4O9P/c17-13(18)7-1-8(14(19)20)4-11(3-7)26(25)12-5-9(15(21)22)2-10(6-12)16(23)24/h1-6H/q+1. The highest BCUT2D eigenvalue weighted by Crippen LogP contribution is 2.30. The van der Waals surface area contributed by atoms with Crippen LogP contribution in [0.1, 0.15) is 0 Å². The lowest BCUT2D eigenvalue weighted by Crippen LogP contribution is -2.10. The van der Waals surface area contributed by atoms with Gasteiger partial charge in [0.1, 0.15) is 0 Å². The Balaban J connectivity index is 2.65. The second-order valence-corrected chi connectivity index (χ2v) is 6.36. The third-order valence-electron chi connectivity index (χ3n) is 3.09. The SMILES string of the molecule is O=[N+]([O-])c1cc([N+](=O)[O-])cc([P+](=O)c2cc([N+](=O)[O-])cc([N+](=O)[O-])c2)c1. The number of nitro benzene ring substituents is 4. The second kappa shape index (κ2) is 6.94. The molecule has 0 amide bonds. The normalized spacial score (nSPS) is 10.2. The molecule has 0 aliphatic rings. The molecule has 0 heterocycles. The number of hydrogen-bond donors (Lipinski definition) is 0. The molecule has 0 fully saturated rings. The fourth-order valence-corrected chi connectivity index (χ4v) is 3.26. The molecular formula is C12H6N4O9P+. The molecule has 0 aliphatic carbocycles. The van der Waals surface area contributed by atoms with Crippen molar-refractivity contribution in [2.75, 3.05) is 0 Å². The largest absolute Gasteiger partial charge is 0.416 e. The first-order valence-corrected chi connectivity index (χ1v) is 7.71. The summed E-state index contributed by atoms with van der Waals surface area (Å²) in [6.45, 7) is 0. The lowest BCUT2D eigenvalue weighted by Gasteiger charge is -1.96. The monoisotopic (exact) mass is 381 g/mol. The molecule has 26 heavy (non-hydrogen) atoms. The number of nitrogens with zero attached hydrogens (tertiary/aromatic N) is 4. The van der Waals surface area contributed by atoms with Crippen LogP contribution in [0.5, 0.6) is 0 Å². The molecule has 13 nitrogen and oxygen atoms in total. The van der Waals surface area contributed by atoms with E-state index >= 15 is 0 Å². The lowest BCUT2D eigenvalue weighted by molar-refractivity contribution is -0.394. The van der Waals surface area contributed by atoms with E-state index < -0.39 is 50.2 Å². The van der Waals surface area contributed by atoms with Gasteiger partial charge >= 0.3 is 7.80 Å². The Morgan fingerprint density at radius 1 is 0.538 bits per heavy atom. The average Bonchev–Trinajstić information content (AvgIpc) is 2.59. The number of non-ortho nitro benzene ring substituents is 4. The molecule has 132 valence electrons. The maximum absolute atomic E-state index is 12.6. The summed E-state index contributed by atoms with van der Waals surface area (Å²) in [6.07, 6.45) is 0. The molecule has 0 atom stereocenters. The smallest absolute Gasteiger partial charge is 0.258 e. The highest BCUT2D eigenvalue weighted by molar-refractivity contribution is 7.61. The maximum Gasteiger partial charge on any atom is 0.416 e. The third-order valence-corrected chi connectivity index (χ3v) is 4.54. The van der Waals surface area contributed by atoms with Crippen molar-refractivity contribution in [3.05, 3.63) is 76.9 Å². The summed E-state index contributed by atoms with van der Waals surface area (Å²) >= 11 is 0. The highest BCUT2D eigenvalue weighted by atomic mass is 31.1. The van der Waals surface area contributed by atoms with Crippen molar-refractivity contribution in [1.29, 1.82) is 0 Å². The molecule has 0 bridgehead atoms. The van der Waals surface area contributed by atoms with E-state index in [1.807, 2.05) is 0 Å². The van der Waals surface area contributed by atoms with Gasteiger partial charge in [0.2, 0.25) is 10.6 Å². The van der Waals surface area contributed by atoms with Crippen LogP contribution in [0.25, 0.3) is 0 Å². The van der Waals surface area contributed by atoms with E-state index in [0.717, 1.165) is 24.3 Å². The van der Waals surface area contributed by atoms with Gasteiger partial charge in [0, 0.05) is 0 Å². The highest BCUT2D eigenvalue weighted by Gasteiger charge is 2.33. The van der Waals surface area contributed by atoms with E-state index in [0.29, 0.717) is 12.1 Å². The summed E-state index contributed by atoms with van der Waals surface area (Å²) in [5, 5.41) is 42.8. The second-order valence-electron chi connectivity index (χ2n) is 4.74. The molecule has 0 aliphatic heterocycles. The molecule has 2 rings (SSSR count). The summed E-state index contributed by atoms with van der Waals surface area (Å²) < 4.78 is 12.6. The molecule has 2 aromatic rings. The number of hydrogen-bond acceptors (Lipinski definition) is 9. The van der Waals surface area contributed by atoms with Crippen molar-refractivity contribution < 1.29 is 24.3 Å². The van der Waals surface area contributed by atoms with Crippen LogP contribution < -0.4 is 10.6 Å². The fourth-order valence-electron chi connectivity index (χ4n) is 1.96. The quantitative estimate of drug-likeness (QED) is 0.409. The fraction of sp³-hybridized carbons (Fsp3) is 0. The number of benzene rings is 2. The molecule has 2 aromatic carbocycles. The van der Waals surface area contributed by atoms with Crippen LogP contribution in [0.3, 0.4) is 0 Å². The molecule has 0 saturated carbocycles. The summed E-state index contributed by atoms with van der Waals surface area (Å²) in [4.78, 5) is 39.8. The van der Waals surface area contributed by atoms with Crippen molar-refractivity contribution >= 4 is 41.2 Å². The summed E-state index contributed by atoms with van der Waals surface area (Å²) in [6, 6.07) is 4.52. The minimum absolute atomic E-state index is 0.365. The predicted octanol–water partition coefficient (Wildman–Crippen LogP) is 2.10. The zero-order valence-electron chi connectivity index (χ0n) is 12.4. The summed E-state index contributed by atoms with van der Waals surface area (Å²) in [5.74, 6) is 0. The van der Waals surface area contributed by atoms with E-state index in [1.54, 1.807) is 0 Å². The number of nitro groups is 4. The third kappa shape index (κ3) is 3.79. The summed E-state index contributed by atoms with van der Waals surface area (Å²) in [5.41, 5.74) is -2.84. The van der Waals surface area contributed by atoms with Gasteiger partial charge in [0.05, 0.1) is 56.1 Å². The molecule has 0 unspecified atom stereocenters. The Morgan fingerprint density at radius 2 is 0.769 bits per heavy atom. The van der Waals surface area contributed by atoms with Gasteiger partial charge in [0.25, 0.3) is 22.7 Å². The van der Waals surface area contributed by atoms with Crippen molar-refractivity contribution in [1.82, 2.24) is 0 Å². The van der Waals surface area contributed by atoms with E-state index in [9.17, 15) is 45.0 Å². The van der Waals surface area contributed by atoms with E-state index in [4.69, 9.17) is 0 Å². The van der Waals surface area contributed by atoms with Gasteiger partial charge in [-0.1, -0.05) is 4.57 Å². The van der Waals surface area contributed by atoms with E-state index in [1.165, 1.54) is 0 Å². The Hall–Kier alpha value is -3.86. The van der Waals surface area contributed by atoms with E-state index in [-0.39, 0.29) is 10.6 Å². The van der Waals surface area contributed by atoms with Crippen LogP contribution >= 0.6 is 7.80 Å². The van der Waals surface area contributed by atoms with Crippen molar-refractivity contribution in [2.45, 2.75) is 0 Å². The van der Waals surface area contributed by atoms with Crippen LogP contribution in [0.15, 0.2) is 36.4 Å². The van der Waals surface area contributed by atoms with Crippen LogP contribution in [0.4, 0.5) is 22.7 Å². The van der Waals surface area contributed by atoms with Crippen LogP contribution in [-0.4, -0.2) is 19.7 Å². The molecule has 0 saturated heterocycles. The van der Waals surface area contributed by atoms with Gasteiger partial charge in [-0.05, 0) is 0 Å². The average molecular weight is 381 g/mol. The van der Waals surface area contributed by atoms with Crippen molar-refractivity contribution in [2.24, 2.45) is 0 Å². The van der Waals surface area contributed by atoms with Crippen LogP contribution in [-0.2, 0) is 4.57 Å². The minimum Gasteiger partial charge on any atom is -0.258 e.